The first-order valence-electron chi connectivity index (χ1n) is 9.30. The van der Waals surface area contributed by atoms with Gasteiger partial charge in [-0.1, -0.05) is 0 Å². The summed E-state index contributed by atoms with van der Waals surface area (Å²) < 4.78 is 15.3. The number of aromatic nitrogens is 2. The molecule has 1 aromatic heterocycles. The topological polar surface area (TPSA) is 139 Å². The number of phenolic OH excluding ortho intramolecular Hbond substituents is 1. The van der Waals surface area contributed by atoms with Crippen molar-refractivity contribution in [3.05, 3.63) is 29.5 Å². The third-order valence-corrected chi connectivity index (χ3v) is 4.77. The molecule has 3 rings (SSSR count). The van der Waals surface area contributed by atoms with Gasteiger partial charge in [0.05, 0.1) is 38.9 Å². The van der Waals surface area contributed by atoms with Gasteiger partial charge in [0.25, 0.3) is 0 Å². The second-order valence-electron chi connectivity index (χ2n) is 6.77. The molecule has 1 aliphatic heterocycles. The minimum Gasteiger partial charge on any atom is -0.504 e. The quantitative estimate of drug-likeness (QED) is 0.478. The minimum atomic E-state index is -0.707. The number of rotatable bonds is 6. The van der Waals surface area contributed by atoms with Gasteiger partial charge in [-0.15, -0.1) is 0 Å². The maximum atomic E-state index is 11.9. The van der Waals surface area contributed by atoms with E-state index in [0.29, 0.717) is 31.1 Å². The van der Waals surface area contributed by atoms with Crippen molar-refractivity contribution in [3.63, 3.8) is 0 Å². The zero-order chi connectivity index (χ0) is 21.7. The largest absolute Gasteiger partial charge is 0.504 e. The molecule has 3 N–H and O–H groups in total. The molecule has 2 heterocycles. The van der Waals surface area contributed by atoms with Crippen LogP contribution in [-0.4, -0.2) is 54.5 Å². The van der Waals surface area contributed by atoms with Crippen molar-refractivity contribution in [2.75, 3.05) is 38.1 Å². The van der Waals surface area contributed by atoms with Gasteiger partial charge in [0, 0.05) is 30.1 Å². The van der Waals surface area contributed by atoms with Crippen molar-refractivity contribution in [2.24, 2.45) is 5.92 Å². The van der Waals surface area contributed by atoms with Crippen LogP contribution in [0.5, 0.6) is 11.5 Å². The summed E-state index contributed by atoms with van der Waals surface area (Å²) in [4.78, 5) is 20.7. The summed E-state index contributed by atoms with van der Waals surface area (Å²) in [5, 5.41) is 25.8. The molecule has 0 radical (unpaired) electrons. The van der Waals surface area contributed by atoms with E-state index < -0.39 is 5.97 Å². The van der Waals surface area contributed by atoms with Gasteiger partial charge >= 0.3 is 5.97 Å². The van der Waals surface area contributed by atoms with Crippen LogP contribution in [0.1, 0.15) is 22.3 Å². The van der Waals surface area contributed by atoms with E-state index in [1.807, 2.05) is 6.92 Å². The van der Waals surface area contributed by atoms with Gasteiger partial charge in [-0.2, -0.15) is 10.2 Å². The average Bonchev–Trinajstić information content (AvgIpc) is 2.76. The number of methoxy groups -OCH3 is 2. The van der Waals surface area contributed by atoms with Crippen molar-refractivity contribution >= 4 is 23.4 Å². The zero-order valence-corrected chi connectivity index (χ0v) is 16.9. The molecule has 0 spiro atoms. The Labute approximate surface area is 173 Å². The molecule has 158 valence electrons. The Hall–Kier alpha value is -3.58. The summed E-state index contributed by atoms with van der Waals surface area (Å²) in [5.41, 5.74) is 1.18. The van der Waals surface area contributed by atoms with Gasteiger partial charge in [-0.05, 0) is 19.4 Å². The molecule has 0 saturated carbocycles. The lowest BCUT2D eigenvalue weighted by Gasteiger charge is -2.28. The number of benzene rings is 1. The van der Waals surface area contributed by atoms with E-state index in [9.17, 15) is 15.2 Å². The highest BCUT2D eigenvalue weighted by molar-refractivity contribution is 5.95. The first-order valence-corrected chi connectivity index (χ1v) is 9.30. The number of carbonyl (C=O) groups is 1. The molecule has 2 aromatic rings. The Kier molecular flexibility index (Phi) is 6.54. The third kappa shape index (κ3) is 4.52. The third-order valence-electron chi connectivity index (χ3n) is 4.77. The fourth-order valence-corrected chi connectivity index (χ4v) is 3.09. The van der Waals surface area contributed by atoms with E-state index in [0.717, 1.165) is 5.56 Å². The van der Waals surface area contributed by atoms with Crippen LogP contribution >= 0.6 is 0 Å². The SMILES string of the molecule is COC(=O)c1cc(Nc2ncc(C)c(N[C@H]3COCC[C@@H]3C#N)n2)cc(OC)c1O. The van der Waals surface area contributed by atoms with Crippen molar-refractivity contribution < 1.29 is 24.1 Å². The molecule has 10 heteroatoms. The van der Waals surface area contributed by atoms with Crippen LogP contribution in [0, 0.1) is 24.2 Å². The molecule has 1 aliphatic rings. The molecule has 1 saturated heterocycles. The maximum Gasteiger partial charge on any atom is 0.341 e. The molecule has 30 heavy (non-hydrogen) atoms. The summed E-state index contributed by atoms with van der Waals surface area (Å²) in [6.07, 6.45) is 2.30. The Bertz CT molecular complexity index is 975. The predicted octanol–water partition coefficient (Wildman–Crippen LogP) is 2.37. The highest BCUT2D eigenvalue weighted by Crippen LogP contribution is 2.35. The average molecular weight is 413 g/mol. The van der Waals surface area contributed by atoms with Crippen LogP contribution in [0.4, 0.5) is 17.5 Å². The summed E-state index contributed by atoms with van der Waals surface area (Å²) in [6, 6.07) is 5.06. The molecule has 1 aromatic carbocycles. The second-order valence-corrected chi connectivity index (χ2v) is 6.77. The Morgan fingerprint density at radius 3 is 2.90 bits per heavy atom. The highest BCUT2D eigenvalue weighted by atomic mass is 16.5. The summed E-state index contributed by atoms with van der Waals surface area (Å²) in [7, 11) is 2.60. The lowest BCUT2D eigenvalue weighted by Crippen LogP contribution is -2.38. The lowest BCUT2D eigenvalue weighted by atomic mass is 9.96. The summed E-state index contributed by atoms with van der Waals surface area (Å²) >= 11 is 0. The molecular weight excluding hydrogens is 390 g/mol. The van der Waals surface area contributed by atoms with Gasteiger partial charge in [0.15, 0.2) is 11.5 Å². The number of aryl methyl sites for hydroxylation is 1. The maximum absolute atomic E-state index is 11.9. The number of nitriles is 1. The first kappa shape index (κ1) is 21.1. The number of esters is 1. The van der Waals surface area contributed by atoms with Crippen LogP contribution in [0.25, 0.3) is 0 Å². The number of nitrogens with zero attached hydrogens (tertiary/aromatic N) is 3. The van der Waals surface area contributed by atoms with Gasteiger partial charge in [-0.25, -0.2) is 9.78 Å². The Morgan fingerprint density at radius 2 is 2.20 bits per heavy atom. The molecular formula is C20H23N5O5. The van der Waals surface area contributed by atoms with E-state index in [1.165, 1.54) is 26.4 Å². The van der Waals surface area contributed by atoms with E-state index in [-0.39, 0.29) is 35.0 Å². The van der Waals surface area contributed by atoms with E-state index in [1.54, 1.807) is 6.20 Å². The first-order chi connectivity index (χ1) is 14.5. The Balaban J connectivity index is 1.86. The van der Waals surface area contributed by atoms with Gasteiger partial charge < -0.3 is 30.0 Å². The predicted molar refractivity (Wildman–Crippen MR) is 108 cm³/mol. The van der Waals surface area contributed by atoms with E-state index in [4.69, 9.17) is 14.2 Å². The second kappa shape index (κ2) is 9.28. The van der Waals surface area contributed by atoms with Crippen LogP contribution in [0.15, 0.2) is 18.3 Å². The van der Waals surface area contributed by atoms with Crippen molar-refractivity contribution in [1.29, 1.82) is 5.26 Å². The lowest BCUT2D eigenvalue weighted by molar-refractivity contribution is 0.0597. The zero-order valence-electron chi connectivity index (χ0n) is 16.9. The molecule has 2 atom stereocenters. The number of nitrogens with one attached hydrogen (secondary N) is 2. The normalized spacial score (nSPS) is 18.2. The standard InChI is InChI=1S/C20H23N5O5/c1-11-9-22-20(25-18(11)24-15-10-30-5-4-12(15)8-21)23-13-6-14(19(27)29-3)17(26)16(7-13)28-2/h6-7,9,12,15,26H,4-5,10H2,1-3H3,(H2,22,23,24,25)/t12-,15+/m1/s1. The van der Waals surface area contributed by atoms with E-state index in [2.05, 4.69) is 26.7 Å². The molecule has 1 fully saturated rings. The smallest absolute Gasteiger partial charge is 0.341 e. The van der Waals surface area contributed by atoms with Crippen LogP contribution in [-0.2, 0) is 9.47 Å². The van der Waals surface area contributed by atoms with E-state index >= 15 is 0 Å². The monoisotopic (exact) mass is 413 g/mol. The summed E-state index contributed by atoms with van der Waals surface area (Å²) in [6.45, 7) is 2.84. The van der Waals surface area contributed by atoms with Gasteiger partial charge in [0.1, 0.15) is 11.4 Å². The Morgan fingerprint density at radius 1 is 1.40 bits per heavy atom. The van der Waals surface area contributed by atoms with Crippen LogP contribution in [0.2, 0.25) is 0 Å². The number of hydrogen-bond acceptors (Lipinski definition) is 10. The molecule has 10 nitrogen and oxygen atoms in total. The number of anilines is 3. The minimum absolute atomic E-state index is 0.0546. The molecule has 0 aliphatic carbocycles. The molecule has 0 amide bonds. The fraction of sp³-hybridized carbons (Fsp3) is 0.400. The number of ether oxygens (including phenoxy) is 3. The van der Waals surface area contributed by atoms with Crippen LogP contribution in [0.3, 0.4) is 0 Å². The summed E-state index contributed by atoms with van der Waals surface area (Å²) in [5.74, 6) is -0.266. The van der Waals surface area contributed by atoms with Crippen molar-refractivity contribution in [1.82, 2.24) is 9.97 Å². The number of aromatic hydroxyl groups is 1. The van der Waals surface area contributed by atoms with Gasteiger partial charge in [0.2, 0.25) is 5.95 Å². The number of carbonyl (C=O) groups excluding carboxylic acids is 1. The highest BCUT2D eigenvalue weighted by Gasteiger charge is 2.26. The molecule has 0 unspecified atom stereocenters. The molecule has 0 bridgehead atoms. The van der Waals surface area contributed by atoms with Crippen molar-refractivity contribution in [2.45, 2.75) is 19.4 Å². The number of phenols is 1. The van der Waals surface area contributed by atoms with Crippen LogP contribution < -0.4 is 15.4 Å². The van der Waals surface area contributed by atoms with Gasteiger partial charge in [-0.3, -0.25) is 0 Å². The number of hydrogen-bond donors (Lipinski definition) is 3. The fourth-order valence-electron chi connectivity index (χ4n) is 3.09. The van der Waals surface area contributed by atoms with Crippen molar-refractivity contribution in [3.8, 4) is 17.6 Å².